The molecule has 1 aliphatic heterocycles. The Morgan fingerprint density at radius 3 is 2.54 bits per heavy atom. The molecule has 1 amide bonds. The Labute approximate surface area is 206 Å². The van der Waals surface area contributed by atoms with Crippen LogP contribution in [0.1, 0.15) is 52.3 Å². The first-order valence-electron chi connectivity index (χ1n) is 12.3. The highest BCUT2D eigenvalue weighted by Crippen LogP contribution is 2.35. The number of hydrogen-bond acceptors (Lipinski definition) is 4. The predicted molar refractivity (Wildman–Crippen MR) is 137 cm³/mol. The molecular formula is C30H30N2O3. The molecule has 1 atom stereocenters. The minimum atomic E-state index is 0.0428. The summed E-state index contributed by atoms with van der Waals surface area (Å²) in [5.41, 5.74) is 5.09. The van der Waals surface area contributed by atoms with Crippen LogP contribution >= 0.6 is 0 Å². The van der Waals surface area contributed by atoms with Crippen molar-refractivity contribution >= 4 is 5.91 Å². The van der Waals surface area contributed by atoms with Crippen LogP contribution in [0.5, 0.6) is 5.75 Å². The van der Waals surface area contributed by atoms with Crippen LogP contribution in [0.2, 0.25) is 0 Å². The van der Waals surface area contributed by atoms with Gasteiger partial charge in [0.15, 0.2) is 0 Å². The molecule has 0 aliphatic carbocycles. The monoisotopic (exact) mass is 466 g/mol. The highest BCUT2D eigenvalue weighted by atomic mass is 16.5. The lowest BCUT2D eigenvalue weighted by atomic mass is 9.90. The number of benzene rings is 3. The molecule has 35 heavy (non-hydrogen) atoms. The van der Waals surface area contributed by atoms with Gasteiger partial charge in [-0.2, -0.15) is 0 Å². The fraction of sp³-hybridized carbons (Fsp3) is 0.267. The molecule has 1 unspecified atom stereocenters. The number of aryl methyl sites for hydroxylation is 1. The van der Waals surface area contributed by atoms with Crippen molar-refractivity contribution in [3.8, 4) is 17.2 Å². The van der Waals surface area contributed by atoms with Gasteiger partial charge in [-0.3, -0.25) is 4.79 Å². The number of carbonyl (C=O) groups excluding carboxylic acids is 1. The lowest BCUT2D eigenvalue weighted by Gasteiger charge is -2.37. The first-order valence-corrected chi connectivity index (χ1v) is 12.3. The summed E-state index contributed by atoms with van der Waals surface area (Å²) < 4.78 is 12.0. The van der Waals surface area contributed by atoms with Crippen LogP contribution in [-0.2, 0) is 12.8 Å². The molecule has 0 bridgehead atoms. The molecule has 4 aromatic rings. The van der Waals surface area contributed by atoms with Crippen LogP contribution in [0.3, 0.4) is 0 Å². The van der Waals surface area contributed by atoms with Gasteiger partial charge < -0.3 is 14.1 Å². The van der Waals surface area contributed by atoms with E-state index in [0.29, 0.717) is 18.9 Å². The smallest absolute Gasteiger partial charge is 0.254 e. The molecule has 0 saturated carbocycles. The molecule has 3 aromatic carbocycles. The van der Waals surface area contributed by atoms with E-state index in [1.165, 1.54) is 11.1 Å². The number of nitrogens with zero attached hydrogens (tertiary/aromatic N) is 2. The largest absolute Gasteiger partial charge is 0.493 e. The molecule has 5 nitrogen and oxygen atoms in total. The quantitative estimate of drug-likeness (QED) is 0.315. The second-order valence-electron chi connectivity index (χ2n) is 8.89. The van der Waals surface area contributed by atoms with Crippen molar-refractivity contribution < 1.29 is 13.9 Å². The topological polar surface area (TPSA) is 55.6 Å². The van der Waals surface area contributed by atoms with Gasteiger partial charge in [-0.15, -0.1) is 0 Å². The third-order valence-corrected chi connectivity index (χ3v) is 6.66. The summed E-state index contributed by atoms with van der Waals surface area (Å²) >= 11 is 0. The van der Waals surface area contributed by atoms with Gasteiger partial charge in [-0.25, -0.2) is 4.98 Å². The third-order valence-electron chi connectivity index (χ3n) is 6.66. The van der Waals surface area contributed by atoms with Gasteiger partial charge in [0.2, 0.25) is 5.89 Å². The number of hydrogen-bond donors (Lipinski definition) is 0. The summed E-state index contributed by atoms with van der Waals surface area (Å²) in [5.74, 6) is 2.37. The summed E-state index contributed by atoms with van der Waals surface area (Å²) in [5, 5.41) is 0. The first-order chi connectivity index (χ1) is 17.1. The molecule has 0 spiro atoms. The number of rotatable bonds is 7. The van der Waals surface area contributed by atoms with E-state index in [9.17, 15) is 4.79 Å². The summed E-state index contributed by atoms with van der Waals surface area (Å²) in [6.45, 7) is 5.31. The number of fused-ring (bicyclic) bond motifs is 1. The number of aromatic nitrogens is 1. The zero-order chi connectivity index (χ0) is 24.2. The lowest BCUT2D eigenvalue weighted by molar-refractivity contribution is 0.0655. The van der Waals surface area contributed by atoms with Crippen molar-refractivity contribution in [2.45, 2.75) is 39.2 Å². The van der Waals surface area contributed by atoms with Crippen molar-refractivity contribution in [2.75, 3.05) is 13.2 Å². The van der Waals surface area contributed by atoms with Crippen LogP contribution in [-0.4, -0.2) is 28.9 Å². The molecule has 0 N–H and O–H groups in total. The number of amides is 1. The van der Waals surface area contributed by atoms with Crippen LogP contribution in [0.15, 0.2) is 83.3 Å². The Kier molecular flexibility index (Phi) is 6.66. The summed E-state index contributed by atoms with van der Waals surface area (Å²) in [6.07, 6.45) is 2.37. The van der Waals surface area contributed by atoms with Crippen LogP contribution in [0.4, 0.5) is 0 Å². The molecule has 2 heterocycles. The second-order valence-corrected chi connectivity index (χ2v) is 8.89. The fourth-order valence-corrected chi connectivity index (χ4v) is 4.82. The van der Waals surface area contributed by atoms with E-state index in [0.717, 1.165) is 47.7 Å². The summed E-state index contributed by atoms with van der Waals surface area (Å²) in [7, 11) is 0. The van der Waals surface area contributed by atoms with Gasteiger partial charge in [0, 0.05) is 24.1 Å². The summed E-state index contributed by atoms with van der Waals surface area (Å²) in [4.78, 5) is 19.9. The maximum atomic E-state index is 13.2. The number of carbonyl (C=O) groups is 1. The van der Waals surface area contributed by atoms with E-state index in [1.54, 1.807) is 0 Å². The normalized spacial score (nSPS) is 15.0. The zero-order valence-corrected chi connectivity index (χ0v) is 20.2. The van der Waals surface area contributed by atoms with E-state index >= 15 is 0 Å². The second kappa shape index (κ2) is 10.2. The van der Waals surface area contributed by atoms with Crippen molar-refractivity contribution in [3.05, 3.63) is 107 Å². The Bertz CT molecular complexity index is 1300. The van der Waals surface area contributed by atoms with Gasteiger partial charge in [0.25, 0.3) is 5.91 Å². The van der Waals surface area contributed by atoms with E-state index in [4.69, 9.17) is 9.15 Å². The Morgan fingerprint density at radius 1 is 1.06 bits per heavy atom. The highest BCUT2D eigenvalue weighted by Gasteiger charge is 2.30. The van der Waals surface area contributed by atoms with Crippen molar-refractivity contribution in [2.24, 2.45) is 0 Å². The Balaban J connectivity index is 1.28. The van der Waals surface area contributed by atoms with E-state index in [2.05, 4.69) is 24.0 Å². The van der Waals surface area contributed by atoms with Gasteiger partial charge in [0.05, 0.1) is 18.3 Å². The van der Waals surface area contributed by atoms with E-state index in [-0.39, 0.29) is 11.9 Å². The van der Waals surface area contributed by atoms with Gasteiger partial charge >= 0.3 is 0 Å². The third kappa shape index (κ3) is 4.85. The maximum Gasteiger partial charge on any atom is 0.254 e. The molecule has 1 aromatic heterocycles. The lowest BCUT2D eigenvalue weighted by Crippen LogP contribution is -2.39. The molecular weight excluding hydrogens is 436 g/mol. The SMILES string of the molecule is CCC1c2cc(OCCc3nc(-c4ccccc4)oc3C)ccc2CCN1C(=O)c1ccccc1. The minimum Gasteiger partial charge on any atom is -0.493 e. The molecule has 178 valence electrons. The van der Waals surface area contributed by atoms with Gasteiger partial charge in [0.1, 0.15) is 11.5 Å². The van der Waals surface area contributed by atoms with Gasteiger partial charge in [-0.1, -0.05) is 49.4 Å². The van der Waals surface area contributed by atoms with Crippen LogP contribution in [0, 0.1) is 6.92 Å². The maximum absolute atomic E-state index is 13.2. The molecule has 0 radical (unpaired) electrons. The fourth-order valence-electron chi connectivity index (χ4n) is 4.82. The zero-order valence-electron chi connectivity index (χ0n) is 20.2. The molecule has 5 heteroatoms. The number of oxazole rings is 1. The molecule has 1 aliphatic rings. The van der Waals surface area contributed by atoms with E-state index < -0.39 is 0 Å². The standard InChI is InChI=1S/C30H30N2O3/c1-3-28-26-20-25(15-14-22(26)16-18-32(28)30(33)24-12-8-5-9-13-24)34-19-17-27-21(2)35-29(31-27)23-10-6-4-7-11-23/h4-15,20,28H,3,16-19H2,1-2H3. The van der Waals surface area contributed by atoms with Crippen LogP contribution in [0.25, 0.3) is 11.5 Å². The average molecular weight is 467 g/mol. The molecule has 0 fully saturated rings. The van der Waals surface area contributed by atoms with Crippen molar-refractivity contribution in [3.63, 3.8) is 0 Å². The summed E-state index contributed by atoms with van der Waals surface area (Å²) in [6, 6.07) is 25.8. The highest BCUT2D eigenvalue weighted by molar-refractivity contribution is 5.94. The van der Waals surface area contributed by atoms with Gasteiger partial charge in [-0.05, 0) is 67.3 Å². The first kappa shape index (κ1) is 22.9. The Hall–Kier alpha value is -3.86. The predicted octanol–water partition coefficient (Wildman–Crippen LogP) is 6.42. The van der Waals surface area contributed by atoms with Crippen molar-refractivity contribution in [1.29, 1.82) is 0 Å². The number of ether oxygens (including phenoxy) is 1. The Morgan fingerprint density at radius 2 is 1.80 bits per heavy atom. The average Bonchev–Trinajstić information content (AvgIpc) is 3.28. The van der Waals surface area contributed by atoms with E-state index in [1.807, 2.05) is 78.6 Å². The van der Waals surface area contributed by atoms with Crippen molar-refractivity contribution in [1.82, 2.24) is 9.88 Å². The molecule has 5 rings (SSSR count). The minimum absolute atomic E-state index is 0.0428. The molecule has 0 saturated heterocycles. The van der Waals surface area contributed by atoms with Crippen LogP contribution < -0.4 is 4.74 Å².